The van der Waals surface area contributed by atoms with Crippen molar-refractivity contribution >= 4 is 51.4 Å². The minimum Gasteiger partial charge on any atom is -0.487 e. The molecule has 0 saturated carbocycles. The second kappa shape index (κ2) is 12.3. The standard InChI is InChI=1S/C33H32N4O4.K/c1-5-8-28-34-20(2)29(23-15-16-27-24(17-23)18-33(3,4)40-27)31(38)37(28)19-21-11-13-22(14-12-21)25-9-6-7-10-26(25)30-35-32(39)41-36-30;/h6-7,9-17H,5,8,18-19H2,1-4H3,(H,35,36,39);. The molecule has 6 rings (SSSR count). The Morgan fingerprint density at radius 1 is 0.976 bits per heavy atom. The first-order chi connectivity index (χ1) is 19.7. The number of benzene rings is 3. The van der Waals surface area contributed by atoms with E-state index in [2.05, 4.69) is 37.0 Å². The van der Waals surface area contributed by atoms with Crippen molar-refractivity contribution in [3.05, 3.63) is 110 Å². The Morgan fingerprint density at radius 3 is 2.38 bits per heavy atom. The molecule has 3 aromatic carbocycles. The van der Waals surface area contributed by atoms with Gasteiger partial charge in [-0.25, -0.2) is 9.78 Å². The van der Waals surface area contributed by atoms with Gasteiger partial charge < -0.3 is 4.74 Å². The van der Waals surface area contributed by atoms with Crippen LogP contribution in [-0.4, -0.2) is 76.7 Å². The molecule has 8 nitrogen and oxygen atoms in total. The maximum absolute atomic E-state index is 14.1. The molecule has 0 spiro atoms. The molecule has 1 radical (unpaired) electrons. The third-order valence-corrected chi connectivity index (χ3v) is 7.48. The number of ether oxygens (including phenoxy) is 1. The summed E-state index contributed by atoms with van der Waals surface area (Å²) in [5, 5.41) is 3.85. The van der Waals surface area contributed by atoms with Gasteiger partial charge in [0, 0.05) is 69.8 Å². The summed E-state index contributed by atoms with van der Waals surface area (Å²) in [6, 6.07) is 21.8. The third-order valence-electron chi connectivity index (χ3n) is 7.48. The van der Waals surface area contributed by atoms with E-state index in [9.17, 15) is 9.59 Å². The van der Waals surface area contributed by atoms with Crippen molar-refractivity contribution in [3.8, 4) is 39.4 Å². The first-order valence-electron chi connectivity index (χ1n) is 13.9. The van der Waals surface area contributed by atoms with E-state index in [4.69, 9.17) is 14.2 Å². The minimum absolute atomic E-state index is 0. The molecule has 0 unspecified atom stereocenters. The summed E-state index contributed by atoms with van der Waals surface area (Å²) in [6.07, 6.45) is 2.40. The molecule has 5 aromatic rings. The van der Waals surface area contributed by atoms with Crippen molar-refractivity contribution in [3.63, 3.8) is 0 Å². The van der Waals surface area contributed by atoms with Crippen molar-refractivity contribution in [1.82, 2.24) is 19.7 Å². The van der Waals surface area contributed by atoms with Crippen molar-refractivity contribution in [2.24, 2.45) is 0 Å². The van der Waals surface area contributed by atoms with Gasteiger partial charge in [0.25, 0.3) is 5.56 Å². The van der Waals surface area contributed by atoms with E-state index in [0.29, 0.717) is 24.4 Å². The van der Waals surface area contributed by atoms with Crippen LogP contribution in [0.4, 0.5) is 0 Å². The van der Waals surface area contributed by atoms with Gasteiger partial charge in [-0.05, 0) is 67.1 Å². The van der Waals surface area contributed by atoms with E-state index >= 15 is 0 Å². The number of fused-ring (bicyclic) bond motifs is 1. The Hall–Kier alpha value is -3.08. The zero-order chi connectivity index (χ0) is 28.7. The van der Waals surface area contributed by atoms with Crippen molar-refractivity contribution in [1.29, 1.82) is 0 Å². The van der Waals surface area contributed by atoms with E-state index in [0.717, 1.165) is 63.5 Å². The van der Waals surface area contributed by atoms with Gasteiger partial charge in [-0.15, -0.1) is 0 Å². The number of nitrogens with zero attached hydrogens (tertiary/aromatic N) is 3. The number of hydrogen-bond acceptors (Lipinski definition) is 6. The molecule has 0 atom stereocenters. The quantitative estimate of drug-likeness (QED) is 0.250. The Labute approximate surface area is 286 Å². The Morgan fingerprint density at radius 2 is 1.69 bits per heavy atom. The Kier molecular flexibility index (Phi) is 8.87. The zero-order valence-corrected chi connectivity index (χ0v) is 27.8. The predicted molar refractivity (Wildman–Crippen MR) is 164 cm³/mol. The normalized spacial score (nSPS) is 13.3. The molecule has 1 aliphatic rings. The first kappa shape index (κ1) is 30.4. The van der Waals surface area contributed by atoms with E-state index in [1.165, 1.54) is 0 Å². The molecule has 0 aliphatic carbocycles. The van der Waals surface area contributed by atoms with Crippen LogP contribution in [0.25, 0.3) is 33.6 Å². The molecule has 0 bridgehead atoms. The number of hydrogen-bond donors (Lipinski definition) is 1. The van der Waals surface area contributed by atoms with Crippen LogP contribution in [0, 0.1) is 6.92 Å². The smallest absolute Gasteiger partial charge is 0.439 e. The van der Waals surface area contributed by atoms with Gasteiger partial charge in [0.15, 0.2) is 5.82 Å². The van der Waals surface area contributed by atoms with Crippen LogP contribution >= 0.6 is 0 Å². The van der Waals surface area contributed by atoms with Gasteiger partial charge in [0.05, 0.1) is 17.8 Å². The van der Waals surface area contributed by atoms with E-state index < -0.39 is 5.76 Å². The monoisotopic (exact) mass is 587 g/mol. The predicted octanol–water partition coefficient (Wildman–Crippen LogP) is 5.56. The third kappa shape index (κ3) is 6.02. The number of aryl methyl sites for hydroxylation is 2. The molecule has 42 heavy (non-hydrogen) atoms. The summed E-state index contributed by atoms with van der Waals surface area (Å²) in [4.78, 5) is 33.1. The minimum atomic E-state index is -0.596. The van der Waals surface area contributed by atoms with Crippen LogP contribution in [0.3, 0.4) is 0 Å². The molecule has 209 valence electrons. The average molecular weight is 588 g/mol. The number of aromatic amines is 1. The van der Waals surface area contributed by atoms with Crippen LogP contribution in [0.2, 0.25) is 0 Å². The molecule has 2 aromatic heterocycles. The topological polar surface area (TPSA) is 103 Å². The zero-order valence-electron chi connectivity index (χ0n) is 24.7. The average Bonchev–Trinajstić information content (AvgIpc) is 3.52. The molecular formula is C33H32KN4O4. The molecular weight excluding hydrogens is 555 g/mol. The molecule has 1 N–H and O–H groups in total. The van der Waals surface area contributed by atoms with E-state index in [1.807, 2.05) is 72.2 Å². The Balaban J connectivity index is 0.00000353. The summed E-state index contributed by atoms with van der Waals surface area (Å²) in [6.45, 7) is 8.57. The largest absolute Gasteiger partial charge is 0.487 e. The summed E-state index contributed by atoms with van der Waals surface area (Å²) < 4.78 is 12.6. The second-order valence-electron chi connectivity index (χ2n) is 11.2. The van der Waals surface area contributed by atoms with Crippen molar-refractivity contribution in [2.45, 2.75) is 59.1 Å². The SMILES string of the molecule is CCCc1nc(C)c(-c2ccc3c(c2)CC(C)(C)O3)c(=O)n1Cc1ccc(-c2ccccc2-c2noc(=O)[nH]2)cc1.[K]. The number of rotatable bonds is 7. The van der Waals surface area contributed by atoms with Crippen LogP contribution in [0.1, 0.15) is 49.8 Å². The van der Waals surface area contributed by atoms with Crippen LogP contribution in [0.15, 0.2) is 80.8 Å². The molecule has 0 saturated heterocycles. The first-order valence-corrected chi connectivity index (χ1v) is 13.9. The fourth-order valence-electron chi connectivity index (χ4n) is 5.65. The van der Waals surface area contributed by atoms with Crippen molar-refractivity contribution < 1.29 is 9.26 Å². The fraction of sp³-hybridized carbons (Fsp3) is 0.273. The second-order valence-corrected chi connectivity index (χ2v) is 11.2. The summed E-state index contributed by atoms with van der Waals surface area (Å²) in [5.74, 6) is 1.45. The number of nitrogens with one attached hydrogen (secondary N) is 1. The Bertz CT molecular complexity index is 1870. The summed E-state index contributed by atoms with van der Waals surface area (Å²) in [5.41, 5.74) is 6.69. The molecule has 0 fully saturated rings. The van der Waals surface area contributed by atoms with E-state index in [-0.39, 0.29) is 62.5 Å². The fourth-order valence-corrected chi connectivity index (χ4v) is 5.65. The maximum atomic E-state index is 14.1. The van der Waals surface area contributed by atoms with Crippen LogP contribution in [0.5, 0.6) is 5.75 Å². The molecule has 3 heterocycles. The molecule has 0 amide bonds. The maximum Gasteiger partial charge on any atom is 0.439 e. The molecule has 9 heteroatoms. The summed E-state index contributed by atoms with van der Waals surface area (Å²) >= 11 is 0. The van der Waals surface area contributed by atoms with Gasteiger partial charge in [0.1, 0.15) is 17.2 Å². The van der Waals surface area contributed by atoms with Gasteiger partial charge >= 0.3 is 5.76 Å². The summed E-state index contributed by atoms with van der Waals surface area (Å²) in [7, 11) is 0. The van der Waals surface area contributed by atoms with Crippen LogP contribution < -0.4 is 16.1 Å². The number of H-pyrrole nitrogens is 1. The van der Waals surface area contributed by atoms with Gasteiger partial charge in [-0.2, -0.15) is 0 Å². The number of aromatic nitrogens is 4. The van der Waals surface area contributed by atoms with Gasteiger partial charge in [-0.1, -0.05) is 66.7 Å². The van der Waals surface area contributed by atoms with Gasteiger partial charge in [0.2, 0.25) is 0 Å². The van der Waals surface area contributed by atoms with Crippen molar-refractivity contribution in [2.75, 3.05) is 0 Å². The van der Waals surface area contributed by atoms with E-state index in [1.54, 1.807) is 0 Å². The van der Waals surface area contributed by atoms with Crippen LogP contribution in [-0.2, 0) is 19.4 Å². The molecule has 1 aliphatic heterocycles. The van der Waals surface area contributed by atoms with Gasteiger partial charge in [-0.3, -0.25) is 18.9 Å².